The van der Waals surface area contributed by atoms with Crippen LogP contribution in [0.5, 0.6) is 5.75 Å². The maximum absolute atomic E-state index is 14.2. The van der Waals surface area contributed by atoms with Crippen molar-refractivity contribution in [1.29, 1.82) is 0 Å². The van der Waals surface area contributed by atoms with Gasteiger partial charge in [-0.15, -0.1) is 0 Å². The molecule has 34 heavy (non-hydrogen) atoms. The minimum atomic E-state index is -0.816. The van der Waals surface area contributed by atoms with Gasteiger partial charge in [-0.1, -0.05) is 50.2 Å². The predicted octanol–water partition coefficient (Wildman–Crippen LogP) is 4.90. The predicted molar refractivity (Wildman–Crippen MR) is 124 cm³/mol. The van der Waals surface area contributed by atoms with Gasteiger partial charge in [-0.3, -0.25) is 4.79 Å². The van der Waals surface area contributed by atoms with Crippen LogP contribution in [0.1, 0.15) is 50.7 Å². The quantitative estimate of drug-likeness (QED) is 0.611. The number of hydrogen-bond donors (Lipinski definition) is 1. The van der Waals surface area contributed by atoms with E-state index in [9.17, 15) is 14.0 Å². The summed E-state index contributed by atoms with van der Waals surface area (Å²) in [6.45, 7) is 5.78. The highest BCUT2D eigenvalue weighted by atomic mass is 19.1. The molecule has 0 fully saturated rings. The van der Waals surface area contributed by atoms with Gasteiger partial charge in [-0.25, -0.2) is 9.18 Å². The summed E-state index contributed by atoms with van der Waals surface area (Å²) in [7, 11) is 0. The molecule has 7 heteroatoms. The Labute approximate surface area is 198 Å². The Bertz CT molecular complexity index is 1200. The minimum Gasteiger partial charge on any atom is -0.488 e. The van der Waals surface area contributed by atoms with Gasteiger partial charge >= 0.3 is 5.97 Å². The maximum Gasteiger partial charge on any atom is 0.340 e. The molecule has 2 aliphatic rings. The summed E-state index contributed by atoms with van der Waals surface area (Å²) in [5, 5.41) is 0. The van der Waals surface area contributed by atoms with E-state index in [-0.39, 0.29) is 41.7 Å². The van der Waals surface area contributed by atoms with E-state index in [1.165, 1.54) is 6.07 Å². The molecule has 0 saturated carbocycles. The van der Waals surface area contributed by atoms with Crippen molar-refractivity contribution in [2.24, 2.45) is 11.1 Å². The van der Waals surface area contributed by atoms with E-state index in [0.29, 0.717) is 41.1 Å². The van der Waals surface area contributed by atoms with Crippen molar-refractivity contribution in [3.05, 3.63) is 88.3 Å². The van der Waals surface area contributed by atoms with Crippen LogP contribution in [-0.4, -0.2) is 18.4 Å². The molecular weight excluding hydrogens is 437 g/mol. The van der Waals surface area contributed by atoms with Crippen LogP contribution in [0.2, 0.25) is 0 Å². The molecule has 2 aromatic rings. The first-order valence-electron chi connectivity index (χ1n) is 11.3. The van der Waals surface area contributed by atoms with Crippen molar-refractivity contribution in [1.82, 2.24) is 0 Å². The Morgan fingerprint density at radius 1 is 1.15 bits per heavy atom. The van der Waals surface area contributed by atoms with E-state index < -0.39 is 11.9 Å². The standard InChI is InChI=1S/C27H28FNO5/c1-4-32-26(31)24-22(23-19(30)13-27(2,3)14-21(23)34-25(24)29)17-10-6-8-12-20(17)33-15-16-9-5-7-11-18(16)28/h5-12,22H,4,13-15,29H2,1-3H3. The molecule has 2 aromatic carbocycles. The number of nitrogens with two attached hydrogens (primary N) is 1. The third kappa shape index (κ3) is 4.55. The largest absolute Gasteiger partial charge is 0.488 e. The Kier molecular flexibility index (Phi) is 6.46. The van der Waals surface area contributed by atoms with Crippen molar-refractivity contribution in [2.45, 2.75) is 46.1 Å². The van der Waals surface area contributed by atoms with E-state index in [4.69, 9.17) is 19.9 Å². The molecule has 2 N–H and O–H groups in total. The average molecular weight is 466 g/mol. The highest BCUT2D eigenvalue weighted by molar-refractivity contribution is 6.03. The second-order valence-corrected chi connectivity index (χ2v) is 9.23. The lowest BCUT2D eigenvalue weighted by Gasteiger charge is -2.38. The zero-order chi connectivity index (χ0) is 24.5. The first-order chi connectivity index (χ1) is 16.2. The van der Waals surface area contributed by atoms with Gasteiger partial charge in [0.05, 0.1) is 12.5 Å². The van der Waals surface area contributed by atoms with Crippen molar-refractivity contribution >= 4 is 11.8 Å². The molecular formula is C27H28FNO5. The summed E-state index contributed by atoms with van der Waals surface area (Å²) in [4.78, 5) is 26.3. The molecule has 0 aromatic heterocycles. The zero-order valence-electron chi connectivity index (χ0n) is 19.5. The number of para-hydroxylation sites is 1. The van der Waals surface area contributed by atoms with Crippen molar-refractivity contribution < 1.29 is 28.2 Å². The molecule has 1 heterocycles. The summed E-state index contributed by atoms with van der Waals surface area (Å²) in [5.74, 6) is -1.18. The van der Waals surface area contributed by atoms with Crippen LogP contribution in [0.4, 0.5) is 4.39 Å². The normalized spacial score (nSPS) is 19.4. The Morgan fingerprint density at radius 3 is 2.59 bits per heavy atom. The lowest BCUT2D eigenvalue weighted by molar-refractivity contribution is -0.139. The van der Waals surface area contributed by atoms with E-state index in [1.807, 2.05) is 13.8 Å². The van der Waals surface area contributed by atoms with Crippen LogP contribution in [0.25, 0.3) is 0 Å². The lowest BCUT2D eigenvalue weighted by Crippen LogP contribution is -2.35. The monoisotopic (exact) mass is 465 g/mol. The zero-order valence-corrected chi connectivity index (χ0v) is 19.5. The number of esters is 1. The molecule has 1 aliphatic heterocycles. The summed E-state index contributed by atoms with van der Waals surface area (Å²) in [5.41, 5.74) is 7.34. The number of rotatable bonds is 6. The SMILES string of the molecule is CCOC(=O)C1=C(N)OC2=C(C(=O)CC(C)(C)C2)C1c1ccccc1OCc1ccccc1F. The topological polar surface area (TPSA) is 87.9 Å². The number of ether oxygens (including phenoxy) is 3. The maximum atomic E-state index is 14.2. The lowest BCUT2D eigenvalue weighted by atomic mass is 9.70. The number of carbonyl (C=O) groups excluding carboxylic acids is 2. The molecule has 6 nitrogen and oxygen atoms in total. The molecule has 0 saturated heterocycles. The smallest absolute Gasteiger partial charge is 0.340 e. The number of Topliss-reactive ketones (excluding diaryl/α,β-unsaturated/α-hetero) is 1. The summed E-state index contributed by atoms with van der Waals surface area (Å²) in [6, 6.07) is 13.4. The molecule has 0 bridgehead atoms. The number of allylic oxidation sites excluding steroid dienone is 2. The summed E-state index contributed by atoms with van der Waals surface area (Å²) < 4.78 is 31.3. The van der Waals surface area contributed by atoms with Gasteiger partial charge in [0.25, 0.3) is 0 Å². The number of benzene rings is 2. The summed E-state index contributed by atoms with van der Waals surface area (Å²) in [6.07, 6.45) is 0.805. The number of carbonyl (C=O) groups is 2. The van der Waals surface area contributed by atoms with E-state index >= 15 is 0 Å². The fourth-order valence-corrected chi connectivity index (χ4v) is 4.52. The van der Waals surface area contributed by atoms with Crippen LogP contribution in [-0.2, 0) is 25.7 Å². The Hall–Kier alpha value is -3.61. The van der Waals surface area contributed by atoms with E-state index in [1.54, 1.807) is 49.4 Å². The molecule has 1 unspecified atom stereocenters. The first-order valence-corrected chi connectivity index (χ1v) is 11.3. The molecule has 1 aliphatic carbocycles. The Morgan fingerprint density at radius 2 is 1.85 bits per heavy atom. The molecule has 4 rings (SSSR count). The van der Waals surface area contributed by atoms with Crippen molar-refractivity contribution in [3.8, 4) is 5.75 Å². The van der Waals surface area contributed by atoms with Gasteiger partial charge in [-0.05, 0) is 24.5 Å². The molecule has 0 radical (unpaired) electrons. The third-order valence-corrected chi connectivity index (χ3v) is 6.02. The van der Waals surface area contributed by atoms with Crippen LogP contribution in [0.3, 0.4) is 0 Å². The number of hydrogen-bond acceptors (Lipinski definition) is 6. The van der Waals surface area contributed by atoms with Crippen LogP contribution >= 0.6 is 0 Å². The fraction of sp³-hybridized carbons (Fsp3) is 0.333. The van der Waals surface area contributed by atoms with Gasteiger partial charge in [0.2, 0.25) is 5.88 Å². The van der Waals surface area contributed by atoms with Gasteiger partial charge < -0.3 is 19.9 Å². The summed E-state index contributed by atoms with van der Waals surface area (Å²) >= 11 is 0. The molecule has 0 spiro atoms. The number of ketones is 1. The minimum absolute atomic E-state index is 0.0201. The van der Waals surface area contributed by atoms with Gasteiger partial charge in [-0.2, -0.15) is 0 Å². The second-order valence-electron chi connectivity index (χ2n) is 9.23. The van der Waals surface area contributed by atoms with E-state index in [2.05, 4.69) is 0 Å². The molecule has 0 amide bonds. The van der Waals surface area contributed by atoms with Crippen molar-refractivity contribution in [2.75, 3.05) is 6.61 Å². The van der Waals surface area contributed by atoms with Crippen LogP contribution < -0.4 is 10.5 Å². The van der Waals surface area contributed by atoms with Gasteiger partial charge in [0.1, 0.15) is 29.5 Å². The number of halogens is 1. The molecule has 178 valence electrons. The van der Waals surface area contributed by atoms with E-state index in [0.717, 1.165) is 0 Å². The fourth-order valence-electron chi connectivity index (χ4n) is 4.52. The van der Waals surface area contributed by atoms with Gasteiger partial charge in [0.15, 0.2) is 5.78 Å². The average Bonchev–Trinajstić information content (AvgIpc) is 2.77. The van der Waals surface area contributed by atoms with Gasteiger partial charge in [0, 0.05) is 29.5 Å². The van der Waals surface area contributed by atoms with Crippen LogP contribution in [0.15, 0.2) is 71.3 Å². The second kappa shape index (κ2) is 9.33. The highest BCUT2D eigenvalue weighted by Crippen LogP contribution is 2.49. The van der Waals surface area contributed by atoms with Crippen molar-refractivity contribution in [3.63, 3.8) is 0 Å². The third-order valence-electron chi connectivity index (χ3n) is 6.02. The molecule has 1 atom stereocenters. The first kappa shape index (κ1) is 23.5. The Balaban J connectivity index is 1.81. The van der Waals surface area contributed by atoms with Crippen LogP contribution in [0, 0.1) is 11.2 Å². The highest BCUT2D eigenvalue weighted by Gasteiger charge is 2.45.